The van der Waals surface area contributed by atoms with Gasteiger partial charge in [-0.1, -0.05) is 30.7 Å². The molecular weight excluding hydrogens is 362 g/mol. The van der Waals surface area contributed by atoms with Crippen LogP contribution in [0.5, 0.6) is 5.75 Å². The Morgan fingerprint density at radius 3 is 2.67 bits per heavy atom. The average Bonchev–Trinajstić information content (AvgIpc) is 2.68. The second kappa shape index (κ2) is 9.11. The fraction of sp³-hybridized carbons (Fsp3) is 0.381. The van der Waals surface area contributed by atoms with Crippen LogP contribution in [0.15, 0.2) is 42.5 Å². The first-order chi connectivity index (χ1) is 13.0. The summed E-state index contributed by atoms with van der Waals surface area (Å²) < 4.78 is 5.65. The highest BCUT2D eigenvalue weighted by Crippen LogP contribution is 2.30. The van der Waals surface area contributed by atoms with Crippen LogP contribution in [0.1, 0.15) is 12.5 Å². The van der Waals surface area contributed by atoms with E-state index in [1.54, 1.807) is 6.07 Å². The number of rotatable bonds is 6. The molecule has 0 radical (unpaired) electrons. The summed E-state index contributed by atoms with van der Waals surface area (Å²) in [6.45, 7) is 5.87. The molecule has 0 spiro atoms. The number of amides is 1. The zero-order chi connectivity index (χ0) is 19.2. The van der Waals surface area contributed by atoms with Crippen LogP contribution in [0, 0.1) is 0 Å². The van der Waals surface area contributed by atoms with Crippen LogP contribution in [0.2, 0.25) is 5.02 Å². The maximum absolute atomic E-state index is 12.4. The normalized spacial score (nSPS) is 14.9. The molecule has 0 atom stereocenters. The van der Waals surface area contributed by atoms with Crippen molar-refractivity contribution in [2.24, 2.45) is 0 Å². The van der Waals surface area contributed by atoms with Crippen molar-refractivity contribution >= 4 is 28.9 Å². The van der Waals surface area contributed by atoms with Gasteiger partial charge in [-0.25, -0.2) is 0 Å². The molecule has 27 heavy (non-hydrogen) atoms. The highest BCUT2D eigenvalue weighted by atomic mass is 35.5. The van der Waals surface area contributed by atoms with Gasteiger partial charge in [-0.15, -0.1) is 0 Å². The van der Waals surface area contributed by atoms with Crippen molar-refractivity contribution in [2.75, 3.05) is 50.1 Å². The first-order valence-corrected chi connectivity index (χ1v) is 9.67. The van der Waals surface area contributed by atoms with Crippen LogP contribution in [-0.4, -0.2) is 50.6 Å². The van der Waals surface area contributed by atoms with E-state index in [1.165, 1.54) is 5.56 Å². The largest absolute Gasteiger partial charge is 0.484 e. The Balaban J connectivity index is 1.65. The molecule has 1 aliphatic heterocycles. The number of hydrogen-bond acceptors (Lipinski definition) is 4. The Labute approximate surface area is 165 Å². The Kier molecular flexibility index (Phi) is 6.58. The molecule has 1 heterocycles. The third-order valence-electron chi connectivity index (χ3n) is 4.75. The van der Waals surface area contributed by atoms with E-state index >= 15 is 0 Å². The molecule has 1 amide bonds. The highest BCUT2D eigenvalue weighted by Gasteiger charge is 2.18. The summed E-state index contributed by atoms with van der Waals surface area (Å²) in [7, 11) is 2.12. The number of anilines is 2. The summed E-state index contributed by atoms with van der Waals surface area (Å²) >= 11 is 6.16. The second-order valence-corrected chi connectivity index (χ2v) is 7.23. The highest BCUT2D eigenvalue weighted by molar-refractivity contribution is 6.31. The predicted molar refractivity (Wildman–Crippen MR) is 111 cm³/mol. The lowest BCUT2D eigenvalue weighted by molar-refractivity contribution is -0.118. The van der Waals surface area contributed by atoms with Crippen LogP contribution < -0.4 is 15.0 Å². The van der Waals surface area contributed by atoms with Crippen LogP contribution in [-0.2, 0) is 11.2 Å². The number of piperazine rings is 1. The number of hydrogen-bond donors (Lipinski definition) is 1. The van der Waals surface area contributed by atoms with E-state index in [4.69, 9.17) is 16.3 Å². The zero-order valence-corrected chi connectivity index (χ0v) is 16.6. The minimum absolute atomic E-state index is 0.0398. The summed E-state index contributed by atoms with van der Waals surface area (Å²) in [5.41, 5.74) is 2.90. The van der Waals surface area contributed by atoms with Crippen molar-refractivity contribution in [3.63, 3.8) is 0 Å². The number of aryl methyl sites for hydroxylation is 1. The van der Waals surface area contributed by atoms with Gasteiger partial charge >= 0.3 is 0 Å². The summed E-state index contributed by atoms with van der Waals surface area (Å²) in [5, 5.41) is 3.55. The van der Waals surface area contributed by atoms with Crippen molar-refractivity contribution in [3.8, 4) is 5.75 Å². The van der Waals surface area contributed by atoms with Gasteiger partial charge in [0.05, 0.1) is 11.4 Å². The monoisotopic (exact) mass is 387 g/mol. The molecule has 3 rings (SSSR count). The van der Waals surface area contributed by atoms with Crippen molar-refractivity contribution in [1.82, 2.24) is 4.90 Å². The second-order valence-electron chi connectivity index (χ2n) is 6.79. The van der Waals surface area contributed by atoms with Crippen LogP contribution >= 0.6 is 11.6 Å². The van der Waals surface area contributed by atoms with Gasteiger partial charge in [0.25, 0.3) is 5.91 Å². The number of nitrogens with zero attached hydrogens (tertiary/aromatic N) is 2. The van der Waals surface area contributed by atoms with Gasteiger partial charge in [0.1, 0.15) is 5.75 Å². The summed E-state index contributed by atoms with van der Waals surface area (Å²) in [6, 6.07) is 13.4. The SMILES string of the molecule is CCc1cccc(OCC(=O)Nc2cc(Cl)ccc2N2CCN(C)CC2)c1. The Morgan fingerprint density at radius 1 is 1.15 bits per heavy atom. The van der Waals surface area contributed by atoms with Gasteiger partial charge in [0.15, 0.2) is 6.61 Å². The maximum atomic E-state index is 12.4. The van der Waals surface area contributed by atoms with Crippen molar-refractivity contribution in [2.45, 2.75) is 13.3 Å². The quantitative estimate of drug-likeness (QED) is 0.821. The Morgan fingerprint density at radius 2 is 1.93 bits per heavy atom. The van der Waals surface area contributed by atoms with Crippen LogP contribution in [0.3, 0.4) is 0 Å². The van der Waals surface area contributed by atoms with Gasteiger partial charge in [0.2, 0.25) is 0 Å². The number of ether oxygens (including phenoxy) is 1. The summed E-state index contributed by atoms with van der Waals surface area (Å²) in [6.07, 6.45) is 0.931. The van der Waals surface area contributed by atoms with E-state index in [1.807, 2.05) is 36.4 Å². The number of nitrogens with one attached hydrogen (secondary N) is 1. The van der Waals surface area contributed by atoms with E-state index in [0.29, 0.717) is 10.8 Å². The number of benzene rings is 2. The molecule has 0 unspecified atom stereocenters. The molecule has 0 aliphatic carbocycles. The van der Waals surface area contributed by atoms with E-state index in [2.05, 4.69) is 29.1 Å². The fourth-order valence-corrected chi connectivity index (χ4v) is 3.29. The number of halogens is 1. The molecule has 144 valence electrons. The molecule has 1 fully saturated rings. The Hall–Kier alpha value is -2.24. The van der Waals surface area contributed by atoms with Crippen molar-refractivity contribution < 1.29 is 9.53 Å². The van der Waals surface area contributed by atoms with Gasteiger partial charge in [-0.3, -0.25) is 4.79 Å². The lowest BCUT2D eigenvalue weighted by Gasteiger charge is -2.35. The van der Waals surface area contributed by atoms with E-state index in [9.17, 15) is 4.79 Å². The van der Waals surface area contributed by atoms with E-state index in [0.717, 1.165) is 44.0 Å². The molecular formula is C21H26ClN3O2. The number of likely N-dealkylation sites (N-methyl/N-ethyl adjacent to an activating group) is 1. The van der Waals surface area contributed by atoms with Crippen molar-refractivity contribution in [3.05, 3.63) is 53.1 Å². The fourth-order valence-electron chi connectivity index (χ4n) is 3.12. The van der Waals surface area contributed by atoms with E-state index in [-0.39, 0.29) is 12.5 Å². The molecule has 0 bridgehead atoms. The molecule has 1 aliphatic rings. The predicted octanol–water partition coefficient (Wildman–Crippen LogP) is 3.67. The molecule has 1 saturated heterocycles. The lowest BCUT2D eigenvalue weighted by Crippen LogP contribution is -2.44. The van der Waals surface area contributed by atoms with Crippen LogP contribution in [0.25, 0.3) is 0 Å². The van der Waals surface area contributed by atoms with Gasteiger partial charge < -0.3 is 19.9 Å². The van der Waals surface area contributed by atoms with Gasteiger partial charge in [-0.05, 0) is 49.4 Å². The summed E-state index contributed by atoms with van der Waals surface area (Å²) in [4.78, 5) is 17.0. The van der Waals surface area contributed by atoms with E-state index < -0.39 is 0 Å². The minimum atomic E-state index is -0.199. The van der Waals surface area contributed by atoms with Crippen molar-refractivity contribution in [1.29, 1.82) is 0 Å². The molecule has 1 N–H and O–H groups in total. The average molecular weight is 388 g/mol. The van der Waals surface area contributed by atoms with Gasteiger partial charge in [-0.2, -0.15) is 0 Å². The molecule has 5 nitrogen and oxygen atoms in total. The number of carbonyl (C=O) groups excluding carboxylic acids is 1. The molecule has 2 aromatic rings. The molecule has 0 aromatic heterocycles. The van der Waals surface area contributed by atoms with Gasteiger partial charge in [0, 0.05) is 31.2 Å². The third-order valence-corrected chi connectivity index (χ3v) is 4.99. The smallest absolute Gasteiger partial charge is 0.262 e. The first-order valence-electron chi connectivity index (χ1n) is 9.30. The lowest BCUT2D eigenvalue weighted by atomic mass is 10.2. The maximum Gasteiger partial charge on any atom is 0.262 e. The van der Waals surface area contributed by atoms with Crippen LogP contribution in [0.4, 0.5) is 11.4 Å². The first kappa shape index (κ1) is 19.5. The standard InChI is InChI=1S/C21H26ClN3O2/c1-3-16-5-4-6-18(13-16)27-15-21(26)23-19-14-17(22)7-8-20(19)25-11-9-24(2)10-12-25/h4-8,13-14H,3,9-12,15H2,1-2H3,(H,23,26). The molecule has 2 aromatic carbocycles. The topological polar surface area (TPSA) is 44.8 Å². The molecule has 6 heteroatoms. The summed E-state index contributed by atoms with van der Waals surface area (Å²) in [5.74, 6) is 0.504. The Bertz CT molecular complexity index is 789. The minimum Gasteiger partial charge on any atom is -0.484 e. The third kappa shape index (κ3) is 5.37. The zero-order valence-electron chi connectivity index (χ0n) is 15.9. The molecule has 0 saturated carbocycles. The number of carbonyl (C=O) groups is 1.